The number of hydrogen-bond donors (Lipinski definition) is 1. The van der Waals surface area contributed by atoms with E-state index in [4.69, 9.17) is 5.26 Å². The molecule has 1 aromatic heterocycles. The summed E-state index contributed by atoms with van der Waals surface area (Å²) in [4.78, 5) is 15.3. The predicted octanol–water partition coefficient (Wildman–Crippen LogP) is 1.94. The van der Waals surface area contributed by atoms with Gasteiger partial charge in [0.2, 0.25) is 5.91 Å². The number of carbonyl (C=O) groups is 1. The fraction of sp³-hybridized carbons (Fsp3) is 0.364. The zero-order valence-electron chi connectivity index (χ0n) is 8.82. The first kappa shape index (κ1) is 11.2. The van der Waals surface area contributed by atoms with Crippen molar-refractivity contribution in [1.29, 1.82) is 5.26 Å². The first-order valence-corrected chi connectivity index (χ1v) is 4.79. The van der Waals surface area contributed by atoms with E-state index in [-0.39, 0.29) is 5.91 Å². The maximum Gasteiger partial charge on any atom is 0.225 e. The third-order valence-corrected chi connectivity index (χ3v) is 1.72. The number of nitriles is 1. The van der Waals surface area contributed by atoms with Gasteiger partial charge < -0.3 is 5.32 Å². The van der Waals surface area contributed by atoms with E-state index in [0.717, 1.165) is 0 Å². The predicted molar refractivity (Wildman–Crippen MR) is 57.0 cm³/mol. The maximum atomic E-state index is 11.4. The number of pyridine rings is 1. The van der Waals surface area contributed by atoms with E-state index < -0.39 is 0 Å². The minimum absolute atomic E-state index is 0.0763. The van der Waals surface area contributed by atoms with Crippen molar-refractivity contribution in [2.75, 3.05) is 5.32 Å². The van der Waals surface area contributed by atoms with Gasteiger partial charge in [0, 0.05) is 6.42 Å². The SMILES string of the molecule is CC(C)CC(=O)Nc1cccc(C#N)n1. The number of nitrogens with one attached hydrogen (secondary N) is 1. The van der Waals surface area contributed by atoms with Crippen LogP contribution in [0.1, 0.15) is 26.0 Å². The number of nitrogens with zero attached hydrogens (tertiary/aromatic N) is 2. The molecule has 1 rings (SSSR count). The largest absolute Gasteiger partial charge is 0.311 e. The lowest BCUT2D eigenvalue weighted by molar-refractivity contribution is -0.116. The van der Waals surface area contributed by atoms with Gasteiger partial charge in [-0.3, -0.25) is 4.79 Å². The molecule has 78 valence electrons. The summed E-state index contributed by atoms with van der Waals surface area (Å²) in [5.74, 6) is 0.663. The van der Waals surface area contributed by atoms with Crippen molar-refractivity contribution in [1.82, 2.24) is 4.98 Å². The lowest BCUT2D eigenvalue weighted by Gasteiger charge is -2.05. The molecule has 0 bridgehead atoms. The molecule has 15 heavy (non-hydrogen) atoms. The highest BCUT2D eigenvalue weighted by atomic mass is 16.1. The Morgan fingerprint density at radius 3 is 2.93 bits per heavy atom. The number of rotatable bonds is 3. The molecule has 1 heterocycles. The zero-order valence-corrected chi connectivity index (χ0v) is 8.82. The van der Waals surface area contributed by atoms with Crippen LogP contribution in [0.15, 0.2) is 18.2 Å². The molecule has 0 saturated carbocycles. The maximum absolute atomic E-state index is 11.4. The van der Waals surface area contributed by atoms with Crippen molar-refractivity contribution in [2.45, 2.75) is 20.3 Å². The normalized spacial score (nSPS) is 9.73. The van der Waals surface area contributed by atoms with Gasteiger partial charge in [-0.2, -0.15) is 5.26 Å². The second-order valence-electron chi connectivity index (χ2n) is 3.67. The Morgan fingerprint density at radius 1 is 1.60 bits per heavy atom. The summed E-state index contributed by atoms with van der Waals surface area (Å²) >= 11 is 0. The molecule has 0 aromatic carbocycles. The van der Waals surface area contributed by atoms with Gasteiger partial charge in [-0.15, -0.1) is 0 Å². The summed E-state index contributed by atoms with van der Waals surface area (Å²) in [5.41, 5.74) is 0.303. The average Bonchev–Trinajstić information content (AvgIpc) is 2.16. The fourth-order valence-corrected chi connectivity index (χ4v) is 1.13. The Balaban J connectivity index is 2.65. The smallest absolute Gasteiger partial charge is 0.225 e. The third-order valence-electron chi connectivity index (χ3n) is 1.72. The van der Waals surface area contributed by atoms with Crippen LogP contribution in [0.25, 0.3) is 0 Å². The summed E-state index contributed by atoms with van der Waals surface area (Å²) in [5, 5.41) is 11.3. The third kappa shape index (κ3) is 3.77. The number of carbonyl (C=O) groups excluding carboxylic acids is 1. The van der Waals surface area contributed by atoms with Crippen LogP contribution in [-0.4, -0.2) is 10.9 Å². The number of aromatic nitrogens is 1. The minimum atomic E-state index is -0.0763. The molecule has 1 N–H and O–H groups in total. The summed E-state index contributed by atoms with van der Waals surface area (Å²) in [6.07, 6.45) is 0.457. The lowest BCUT2D eigenvalue weighted by atomic mass is 10.1. The van der Waals surface area contributed by atoms with E-state index in [2.05, 4.69) is 10.3 Å². The van der Waals surface area contributed by atoms with Crippen LogP contribution in [0.5, 0.6) is 0 Å². The highest BCUT2D eigenvalue weighted by molar-refractivity contribution is 5.89. The van der Waals surface area contributed by atoms with Crippen molar-refractivity contribution >= 4 is 11.7 Å². The first-order valence-electron chi connectivity index (χ1n) is 4.79. The molecule has 0 aliphatic rings. The molecule has 0 spiro atoms. The number of amides is 1. The number of anilines is 1. The molecule has 4 heteroatoms. The monoisotopic (exact) mass is 203 g/mol. The molecular weight excluding hydrogens is 190 g/mol. The molecule has 1 amide bonds. The van der Waals surface area contributed by atoms with E-state index in [1.54, 1.807) is 18.2 Å². The van der Waals surface area contributed by atoms with Gasteiger partial charge in [-0.25, -0.2) is 4.98 Å². The van der Waals surface area contributed by atoms with Gasteiger partial charge >= 0.3 is 0 Å². The Labute approximate surface area is 88.9 Å². The van der Waals surface area contributed by atoms with E-state index in [1.807, 2.05) is 19.9 Å². The molecule has 0 saturated heterocycles. The fourth-order valence-electron chi connectivity index (χ4n) is 1.13. The van der Waals surface area contributed by atoms with Gasteiger partial charge in [0.05, 0.1) is 0 Å². The van der Waals surface area contributed by atoms with Crippen molar-refractivity contribution in [3.63, 3.8) is 0 Å². The van der Waals surface area contributed by atoms with Gasteiger partial charge in [-0.1, -0.05) is 19.9 Å². The van der Waals surface area contributed by atoms with Crippen LogP contribution in [0, 0.1) is 17.2 Å². The van der Waals surface area contributed by atoms with Gasteiger partial charge in [0.1, 0.15) is 17.6 Å². The summed E-state index contributed by atoms with van der Waals surface area (Å²) < 4.78 is 0. The molecular formula is C11H13N3O. The van der Waals surface area contributed by atoms with Crippen molar-refractivity contribution < 1.29 is 4.79 Å². The molecule has 0 atom stereocenters. The number of hydrogen-bond acceptors (Lipinski definition) is 3. The zero-order chi connectivity index (χ0) is 11.3. The summed E-state index contributed by atoms with van der Waals surface area (Å²) in [6.45, 7) is 3.94. The van der Waals surface area contributed by atoms with Crippen LogP contribution in [0.3, 0.4) is 0 Å². The van der Waals surface area contributed by atoms with Crippen molar-refractivity contribution in [3.8, 4) is 6.07 Å². The molecule has 0 aliphatic carbocycles. The van der Waals surface area contributed by atoms with Gasteiger partial charge in [0.15, 0.2) is 0 Å². The van der Waals surface area contributed by atoms with Crippen molar-refractivity contribution in [3.05, 3.63) is 23.9 Å². The molecule has 0 unspecified atom stereocenters. The van der Waals surface area contributed by atoms with Crippen molar-refractivity contribution in [2.24, 2.45) is 5.92 Å². The summed E-state index contributed by atoms with van der Waals surface area (Å²) in [7, 11) is 0. The van der Waals surface area contributed by atoms with E-state index in [0.29, 0.717) is 23.9 Å². The lowest BCUT2D eigenvalue weighted by Crippen LogP contribution is -2.14. The minimum Gasteiger partial charge on any atom is -0.311 e. The first-order chi connectivity index (χ1) is 7.11. The summed E-state index contributed by atoms with van der Waals surface area (Å²) in [6, 6.07) is 6.87. The highest BCUT2D eigenvalue weighted by Gasteiger charge is 2.05. The standard InChI is InChI=1S/C11H13N3O/c1-8(2)6-11(15)14-10-5-3-4-9(7-12)13-10/h3-5,8H,6H2,1-2H3,(H,13,14,15). The second kappa shape index (κ2) is 5.11. The van der Waals surface area contributed by atoms with Crippen LogP contribution in [0.2, 0.25) is 0 Å². The van der Waals surface area contributed by atoms with Gasteiger partial charge in [0.25, 0.3) is 0 Å². The molecule has 0 aliphatic heterocycles. The second-order valence-corrected chi connectivity index (χ2v) is 3.67. The van der Waals surface area contributed by atoms with Crippen LogP contribution in [-0.2, 0) is 4.79 Å². The van der Waals surface area contributed by atoms with E-state index in [9.17, 15) is 4.79 Å². The molecule has 0 radical (unpaired) electrons. The average molecular weight is 203 g/mol. The van der Waals surface area contributed by atoms with Crippen LogP contribution >= 0.6 is 0 Å². The molecule has 1 aromatic rings. The Kier molecular flexibility index (Phi) is 3.81. The highest BCUT2D eigenvalue weighted by Crippen LogP contribution is 2.06. The quantitative estimate of drug-likeness (QED) is 0.816. The molecule has 0 fully saturated rings. The Morgan fingerprint density at radius 2 is 2.33 bits per heavy atom. The molecule has 4 nitrogen and oxygen atoms in total. The topological polar surface area (TPSA) is 65.8 Å². The van der Waals surface area contributed by atoms with E-state index >= 15 is 0 Å². The van der Waals surface area contributed by atoms with Crippen LogP contribution in [0.4, 0.5) is 5.82 Å². The Hall–Kier alpha value is -1.89. The Bertz CT molecular complexity index is 393. The van der Waals surface area contributed by atoms with Crippen LogP contribution < -0.4 is 5.32 Å². The van der Waals surface area contributed by atoms with Gasteiger partial charge in [-0.05, 0) is 18.1 Å². The van der Waals surface area contributed by atoms with E-state index in [1.165, 1.54) is 0 Å².